The van der Waals surface area contributed by atoms with Gasteiger partial charge >= 0.3 is 0 Å². The highest BCUT2D eigenvalue weighted by Crippen LogP contribution is 2.62. The van der Waals surface area contributed by atoms with Crippen molar-refractivity contribution in [2.75, 3.05) is 6.54 Å². The van der Waals surface area contributed by atoms with Gasteiger partial charge in [-0.25, -0.2) is 4.39 Å². The van der Waals surface area contributed by atoms with E-state index in [4.69, 9.17) is 0 Å². The van der Waals surface area contributed by atoms with Crippen LogP contribution in [0.3, 0.4) is 0 Å². The number of amides is 2. The van der Waals surface area contributed by atoms with E-state index in [9.17, 15) is 14.0 Å². The lowest BCUT2D eigenvalue weighted by Crippen LogP contribution is -2.71. The first-order valence-corrected chi connectivity index (χ1v) is 14.9. The standard InChI is InChI=1S/C31H40FN3O2/c32-26-2-1-24-16-35(17-25(24)7-26)27(36)15-33-30-11-22-6-23(12-30)14-31(13-22,18-30)34-28(37)29-8-19-3-20(9-29)5-21(4-19)10-29/h1-2,7,19-23,33H,3-6,8-18H2,(H,34,37). The van der Waals surface area contributed by atoms with E-state index in [1.54, 1.807) is 12.1 Å². The number of benzene rings is 1. The van der Waals surface area contributed by atoms with Gasteiger partial charge in [-0.1, -0.05) is 6.07 Å². The number of carbonyl (C=O) groups is 2. The molecule has 8 fully saturated rings. The SMILES string of the molecule is O=C(CNC12CC3CC(C1)CC(NC(=O)C14CC5CC(CC(C5)C1)C4)(C3)C2)N1Cc2ccc(F)cc2C1. The van der Waals surface area contributed by atoms with Gasteiger partial charge in [0.15, 0.2) is 0 Å². The third-order valence-corrected chi connectivity index (χ3v) is 11.8. The van der Waals surface area contributed by atoms with Crippen LogP contribution in [0.15, 0.2) is 18.2 Å². The molecule has 0 aromatic heterocycles. The van der Waals surface area contributed by atoms with E-state index in [0.717, 1.165) is 80.2 Å². The van der Waals surface area contributed by atoms with Crippen LogP contribution in [-0.4, -0.2) is 34.3 Å². The highest BCUT2D eigenvalue weighted by Gasteiger charge is 2.61. The Morgan fingerprint density at radius 1 is 0.811 bits per heavy atom. The Kier molecular flexibility index (Phi) is 4.85. The summed E-state index contributed by atoms with van der Waals surface area (Å²) in [7, 11) is 0. The molecule has 1 aliphatic heterocycles. The molecule has 1 aromatic carbocycles. The monoisotopic (exact) mass is 505 g/mol. The zero-order valence-electron chi connectivity index (χ0n) is 21.9. The molecule has 6 heteroatoms. The Bertz CT molecular complexity index is 1110. The minimum absolute atomic E-state index is 0.0484. The van der Waals surface area contributed by atoms with Gasteiger partial charge in [0.1, 0.15) is 5.82 Å². The fraction of sp³-hybridized carbons (Fsp3) is 0.742. The van der Waals surface area contributed by atoms with E-state index in [1.165, 1.54) is 31.7 Å². The molecule has 2 N–H and O–H groups in total. The third-order valence-electron chi connectivity index (χ3n) is 11.8. The molecule has 8 bridgehead atoms. The number of fused-ring (bicyclic) bond motifs is 1. The van der Waals surface area contributed by atoms with Crippen molar-refractivity contribution in [1.29, 1.82) is 0 Å². The van der Waals surface area contributed by atoms with E-state index in [2.05, 4.69) is 10.6 Å². The van der Waals surface area contributed by atoms with Crippen LogP contribution < -0.4 is 10.6 Å². The van der Waals surface area contributed by atoms with Crippen LogP contribution in [0.1, 0.15) is 88.2 Å². The van der Waals surface area contributed by atoms with Crippen LogP contribution in [0.5, 0.6) is 0 Å². The smallest absolute Gasteiger partial charge is 0.237 e. The number of hydrogen-bond donors (Lipinski definition) is 2. The number of hydrogen-bond acceptors (Lipinski definition) is 3. The molecular weight excluding hydrogens is 465 g/mol. The maximum atomic E-state index is 14.0. The molecule has 37 heavy (non-hydrogen) atoms. The van der Waals surface area contributed by atoms with E-state index < -0.39 is 0 Å². The molecule has 198 valence electrons. The number of rotatable bonds is 5. The molecule has 2 unspecified atom stereocenters. The summed E-state index contributed by atoms with van der Waals surface area (Å²) in [6.45, 7) is 1.39. The predicted molar refractivity (Wildman–Crippen MR) is 138 cm³/mol. The van der Waals surface area contributed by atoms with E-state index in [1.807, 2.05) is 4.90 Å². The lowest BCUT2D eigenvalue weighted by Gasteiger charge is -2.63. The van der Waals surface area contributed by atoms with Crippen molar-refractivity contribution < 1.29 is 14.0 Å². The van der Waals surface area contributed by atoms with Crippen molar-refractivity contribution in [2.24, 2.45) is 35.0 Å². The van der Waals surface area contributed by atoms with E-state index in [0.29, 0.717) is 37.4 Å². The number of nitrogens with one attached hydrogen (secondary N) is 2. The van der Waals surface area contributed by atoms with Gasteiger partial charge in [0.25, 0.3) is 0 Å². The van der Waals surface area contributed by atoms with Crippen molar-refractivity contribution in [3.63, 3.8) is 0 Å². The number of nitrogens with zero attached hydrogens (tertiary/aromatic N) is 1. The molecule has 9 aliphatic rings. The summed E-state index contributed by atoms with van der Waals surface area (Å²) in [6, 6.07) is 4.85. The van der Waals surface area contributed by atoms with Crippen LogP contribution in [0, 0.1) is 40.8 Å². The average Bonchev–Trinajstić information content (AvgIpc) is 3.24. The molecule has 0 radical (unpaired) electrons. The first-order chi connectivity index (χ1) is 17.8. The fourth-order valence-corrected chi connectivity index (χ4v) is 11.3. The number of carbonyl (C=O) groups excluding carboxylic acids is 2. The Morgan fingerprint density at radius 3 is 2.08 bits per heavy atom. The maximum absolute atomic E-state index is 14.0. The van der Waals surface area contributed by atoms with Crippen molar-refractivity contribution in [1.82, 2.24) is 15.5 Å². The first kappa shape index (κ1) is 23.0. The van der Waals surface area contributed by atoms with Crippen LogP contribution >= 0.6 is 0 Å². The minimum Gasteiger partial charge on any atom is -0.350 e. The quantitative estimate of drug-likeness (QED) is 0.611. The van der Waals surface area contributed by atoms with Gasteiger partial charge in [0.2, 0.25) is 11.8 Å². The fourth-order valence-electron chi connectivity index (χ4n) is 11.3. The molecule has 10 rings (SSSR count). The third kappa shape index (κ3) is 3.71. The summed E-state index contributed by atoms with van der Waals surface area (Å²) in [5, 5.41) is 7.52. The van der Waals surface area contributed by atoms with E-state index in [-0.39, 0.29) is 28.2 Å². The van der Waals surface area contributed by atoms with Crippen LogP contribution in [-0.2, 0) is 22.7 Å². The molecule has 1 heterocycles. The molecule has 0 saturated heterocycles. The molecule has 0 spiro atoms. The number of halogens is 1. The van der Waals surface area contributed by atoms with Gasteiger partial charge in [-0.05, 0) is 130 Å². The lowest BCUT2D eigenvalue weighted by atomic mass is 9.48. The maximum Gasteiger partial charge on any atom is 0.237 e. The largest absolute Gasteiger partial charge is 0.350 e. The Hall–Kier alpha value is -1.95. The molecule has 8 aliphatic carbocycles. The van der Waals surface area contributed by atoms with Gasteiger partial charge in [-0.15, -0.1) is 0 Å². The summed E-state index contributed by atoms with van der Waals surface area (Å²) in [5.41, 5.74) is 1.74. The Labute approximate surface area is 219 Å². The van der Waals surface area contributed by atoms with Crippen molar-refractivity contribution in [2.45, 2.75) is 101 Å². The first-order valence-electron chi connectivity index (χ1n) is 14.9. The zero-order valence-corrected chi connectivity index (χ0v) is 21.9. The van der Waals surface area contributed by atoms with Crippen molar-refractivity contribution >= 4 is 11.8 Å². The van der Waals surface area contributed by atoms with E-state index >= 15 is 0 Å². The van der Waals surface area contributed by atoms with Gasteiger partial charge in [0.05, 0.1) is 6.54 Å². The second-order valence-corrected chi connectivity index (χ2v) is 14.7. The molecule has 2 atom stereocenters. The lowest BCUT2D eigenvalue weighted by molar-refractivity contribution is -0.153. The van der Waals surface area contributed by atoms with Crippen molar-refractivity contribution in [3.05, 3.63) is 35.1 Å². The normalized spacial score (nSPS) is 44.4. The minimum atomic E-state index is -0.236. The van der Waals surface area contributed by atoms with Crippen LogP contribution in [0.25, 0.3) is 0 Å². The summed E-state index contributed by atoms with van der Waals surface area (Å²) in [4.78, 5) is 29.1. The molecular formula is C31H40FN3O2. The highest BCUT2D eigenvalue weighted by atomic mass is 19.1. The Balaban J connectivity index is 0.963. The molecule has 5 nitrogen and oxygen atoms in total. The van der Waals surface area contributed by atoms with Gasteiger partial charge in [0, 0.05) is 29.6 Å². The molecule has 2 amide bonds. The zero-order chi connectivity index (χ0) is 25.0. The summed E-state index contributed by atoms with van der Waals surface area (Å²) < 4.78 is 13.7. The predicted octanol–water partition coefficient (Wildman–Crippen LogP) is 4.68. The van der Waals surface area contributed by atoms with Crippen molar-refractivity contribution in [3.8, 4) is 0 Å². The van der Waals surface area contributed by atoms with Crippen LogP contribution in [0.4, 0.5) is 4.39 Å². The average molecular weight is 506 g/mol. The molecule has 8 saturated carbocycles. The van der Waals surface area contributed by atoms with Crippen LogP contribution in [0.2, 0.25) is 0 Å². The topological polar surface area (TPSA) is 61.4 Å². The summed E-state index contributed by atoms with van der Waals surface area (Å²) in [5.74, 6) is 3.85. The highest BCUT2D eigenvalue weighted by molar-refractivity contribution is 5.84. The van der Waals surface area contributed by atoms with Gasteiger partial charge in [-0.2, -0.15) is 0 Å². The second kappa shape index (κ2) is 7.80. The summed E-state index contributed by atoms with van der Waals surface area (Å²) >= 11 is 0. The second-order valence-electron chi connectivity index (χ2n) is 14.7. The van der Waals surface area contributed by atoms with Gasteiger partial charge < -0.3 is 15.5 Å². The summed E-state index contributed by atoms with van der Waals surface area (Å²) in [6.07, 6.45) is 14.2. The Morgan fingerprint density at radius 2 is 1.41 bits per heavy atom. The molecule has 1 aromatic rings. The van der Waals surface area contributed by atoms with Gasteiger partial charge in [-0.3, -0.25) is 9.59 Å².